The van der Waals surface area contributed by atoms with Gasteiger partial charge in [-0.05, 0) is 37.1 Å². The number of aryl methyl sites for hydroxylation is 2. The maximum Gasteiger partial charge on any atom is 0.329 e. The lowest BCUT2D eigenvalue weighted by atomic mass is 10.0. The van der Waals surface area contributed by atoms with Gasteiger partial charge in [-0.25, -0.2) is 4.79 Å². The van der Waals surface area contributed by atoms with Crippen molar-refractivity contribution >= 4 is 16.9 Å². The van der Waals surface area contributed by atoms with E-state index in [-0.39, 0.29) is 30.5 Å². The van der Waals surface area contributed by atoms with Crippen molar-refractivity contribution in [2.24, 2.45) is 5.92 Å². The number of amides is 1. The molecule has 0 radical (unpaired) electrons. The van der Waals surface area contributed by atoms with E-state index in [4.69, 9.17) is 4.52 Å². The van der Waals surface area contributed by atoms with Gasteiger partial charge in [0.1, 0.15) is 6.04 Å². The Hall–Kier alpha value is -3.75. The molecule has 4 rings (SSSR count). The number of aromatic nitrogens is 5. The topological polar surface area (TPSA) is 108 Å². The Balaban J connectivity index is 1.48. The molecule has 1 N–H and O–H groups in total. The minimum absolute atomic E-state index is 0.0332. The highest BCUT2D eigenvalue weighted by atomic mass is 16.5. The summed E-state index contributed by atoms with van der Waals surface area (Å²) in [6.45, 7) is 6.73. The first-order chi connectivity index (χ1) is 15.5. The lowest BCUT2D eigenvalue weighted by molar-refractivity contribution is -0.122. The Kier molecular flexibility index (Phi) is 6.16. The monoisotopic (exact) mass is 434 g/mol. The fourth-order valence-electron chi connectivity index (χ4n) is 3.74. The molecule has 32 heavy (non-hydrogen) atoms. The second kappa shape index (κ2) is 9.17. The fraction of sp³-hybridized carbons (Fsp3) is 0.348. The second-order valence-electron chi connectivity index (χ2n) is 7.90. The molecule has 0 saturated carbocycles. The van der Waals surface area contributed by atoms with Crippen LogP contribution in [0.2, 0.25) is 0 Å². The van der Waals surface area contributed by atoms with E-state index < -0.39 is 6.04 Å². The van der Waals surface area contributed by atoms with Crippen LogP contribution < -0.4 is 11.0 Å². The van der Waals surface area contributed by atoms with Crippen LogP contribution in [0.15, 0.2) is 58.1 Å². The molecule has 0 bridgehead atoms. The number of fused-ring (bicyclic) bond motifs is 1. The molecular weight excluding hydrogens is 408 g/mol. The van der Waals surface area contributed by atoms with Crippen molar-refractivity contribution in [3.05, 3.63) is 65.2 Å². The minimum Gasteiger partial charge on any atom is -0.344 e. The predicted octanol–water partition coefficient (Wildman–Crippen LogP) is 3.17. The van der Waals surface area contributed by atoms with Crippen LogP contribution in [0.4, 0.5) is 0 Å². The third-order valence-corrected chi connectivity index (χ3v) is 5.41. The van der Waals surface area contributed by atoms with Crippen LogP contribution in [-0.2, 0) is 17.9 Å². The van der Waals surface area contributed by atoms with E-state index in [1.807, 2.05) is 51.1 Å². The number of imidazole rings is 1. The second-order valence-corrected chi connectivity index (χ2v) is 7.90. The van der Waals surface area contributed by atoms with Crippen LogP contribution in [-0.4, -0.2) is 30.2 Å². The number of hydrogen-bond donors (Lipinski definition) is 1. The van der Waals surface area contributed by atoms with Gasteiger partial charge >= 0.3 is 5.69 Å². The molecule has 4 aromatic rings. The van der Waals surface area contributed by atoms with Crippen molar-refractivity contribution in [2.45, 2.75) is 46.3 Å². The van der Waals surface area contributed by atoms with E-state index in [0.29, 0.717) is 18.3 Å². The summed E-state index contributed by atoms with van der Waals surface area (Å²) in [4.78, 5) is 34.1. The maximum absolute atomic E-state index is 12.8. The summed E-state index contributed by atoms with van der Waals surface area (Å²) in [5.74, 6) is 0.606. The van der Waals surface area contributed by atoms with Crippen LogP contribution in [0.1, 0.15) is 39.1 Å². The van der Waals surface area contributed by atoms with Crippen LogP contribution >= 0.6 is 0 Å². The predicted molar refractivity (Wildman–Crippen MR) is 120 cm³/mol. The lowest BCUT2D eigenvalue weighted by Gasteiger charge is -2.18. The fourth-order valence-corrected chi connectivity index (χ4v) is 3.74. The third-order valence-electron chi connectivity index (χ3n) is 5.41. The quantitative estimate of drug-likeness (QED) is 0.456. The van der Waals surface area contributed by atoms with E-state index in [9.17, 15) is 9.59 Å². The molecule has 0 spiro atoms. The van der Waals surface area contributed by atoms with Crippen LogP contribution in [0.3, 0.4) is 0 Å². The summed E-state index contributed by atoms with van der Waals surface area (Å²) < 4.78 is 8.80. The van der Waals surface area contributed by atoms with Gasteiger partial charge in [0, 0.05) is 37.5 Å². The Morgan fingerprint density at radius 2 is 1.88 bits per heavy atom. The van der Waals surface area contributed by atoms with E-state index in [2.05, 4.69) is 20.4 Å². The molecule has 1 atom stereocenters. The Labute approximate surface area is 185 Å². The number of carbonyl (C=O) groups excluding carboxylic acids is 1. The van der Waals surface area contributed by atoms with Crippen LogP contribution in [0.5, 0.6) is 0 Å². The Bertz CT molecular complexity index is 1270. The summed E-state index contributed by atoms with van der Waals surface area (Å²) >= 11 is 0. The SMILES string of the molecule is CCn1c(=O)n(CCC(=O)N[C@@H](c2nc(-c3cccnc3)no2)C(C)C)c2ccccc21. The molecule has 3 aromatic heterocycles. The number of pyridine rings is 1. The van der Waals surface area contributed by atoms with Crippen molar-refractivity contribution in [1.82, 2.24) is 29.6 Å². The van der Waals surface area contributed by atoms with E-state index in [0.717, 1.165) is 16.6 Å². The molecule has 0 unspecified atom stereocenters. The molecule has 1 amide bonds. The number of benzene rings is 1. The highest BCUT2D eigenvalue weighted by Crippen LogP contribution is 2.23. The molecule has 9 heteroatoms. The van der Waals surface area contributed by atoms with Gasteiger partial charge in [0.15, 0.2) is 0 Å². The molecule has 0 saturated heterocycles. The summed E-state index contributed by atoms with van der Waals surface area (Å²) in [5.41, 5.74) is 2.32. The van der Waals surface area contributed by atoms with Gasteiger partial charge in [0.25, 0.3) is 0 Å². The molecule has 0 aliphatic rings. The van der Waals surface area contributed by atoms with Gasteiger partial charge < -0.3 is 9.84 Å². The van der Waals surface area contributed by atoms with E-state index >= 15 is 0 Å². The number of nitrogens with one attached hydrogen (secondary N) is 1. The molecule has 0 fully saturated rings. The van der Waals surface area contributed by atoms with E-state index in [1.165, 1.54) is 0 Å². The van der Waals surface area contributed by atoms with E-state index in [1.54, 1.807) is 27.6 Å². The average Bonchev–Trinajstić information content (AvgIpc) is 3.39. The van der Waals surface area contributed by atoms with Crippen molar-refractivity contribution in [1.29, 1.82) is 0 Å². The van der Waals surface area contributed by atoms with Gasteiger partial charge in [-0.2, -0.15) is 4.98 Å². The molecule has 0 aliphatic carbocycles. The minimum atomic E-state index is -0.436. The summed E-state index contributed by atoms with van der Waals surface area (Å²) in [6.07, 6.45) is 3.48. The molecule has 166 valence electrons. The van der Waals surface area contributed by atoms with Crippen molar-refractivity contribution in [3.8, 4) is 11.4 Å². The highest BCUT2D eigenvalue weighted by molar-refractivity contribution is 5.78. The van der Waals surface area contributed by atoms with Gasteiger partial charge in [0.05, 0.1) is 11.0 Å². The number of hydrogen-bond acceptors (Lipinski definition) is 6. The maximum atomic E-state index is 12.8. The summed E-state index contributed by atoms with van der Waals surface area (Å²) in [6, 6.07) is 10.8. The molecule has 1 aromatic carbocycles. The van der Waals surface area contributed by atoms with Gasteiger partial charge in [-0.1, -0.05) is 31.1 Å². The van der Waals surface area contributed by atoms with Gasteiger partial charge in [-0.15, -0.1) is 0 Å². The van der Waals surface area contributed by atoms with Crippen molar-refractivity contribution < 1.29 is 9.32 Å². The molecule has 0 aliphatic heterocycles. The lowest BCUT2D eigenvalue weighted by Crippen LogP contribution is -2.33. The molecular formula is C23H26N6O3. The number of rotatable bonds is 8. The first kappa shape index (κ1) is 21.5. The van der Waals surface area contributed by atoms with Gasteiger partial charge in [-0.3, -0.25) is 18.9 Å². The van der Waals surface area contributed by atoms with Crippen molar-refractivity contribution in [3.63, 3.8) is 0 Å². The van der Waals surface area contributed by atoms with Crippen LogP contribution in [0.25, 0.3) is 22.4 Å². The number of nitrogens with zero attached hydrogens (tertiary/aromatic N) is 5. The molecule has 9 nitrogen and oxygen atoms in total. The Morgan fingerprint density at radius 1 is 1.12 bits per heavy atom. The standard InChI is InChI=1S/C23H26N6O3/c1-4-28-17-9-5-6-10-18(17)29(23(28)31)13-11-19(30)25-20(15(2)3)22-26-21(27-32-22)16-8-7-12-24-14-16/h5-10,12,14-15,20H,4,11,13H2,1-3H3,(H,25,30)/t20-/m1/s1. The number of para-hydroxylation sites is 2. The first-order valence-corrected chi connectivity index (χ1v) is 10.7. The summed E-state index contributed by atoms with van der Waals surface area (Å²) in [7, 11) is 0. The third kappa shape index (κ3) is 4.18. The number of carbonyl (C=O) groups is 1. The normalized spacial score (nSPS) is 12.4. The van der Waals surface area contributed by atoms with Crippen molar-refractivity contribution in [2.75, 3.05) is 0 Å². The zero-order valence-electron chi connectivity index (χ0n) is 18.4. The largest absolute Gasteiger partial charge is 0.344 e. The highest BCUT2D eigenvalue weighted by Gasteiger charge is 2.25. The zero-order chi connectivity index (χ0) is 22.7. The first-order valence-electron chi connectivity index (χ1n) is 10.7. The zero-order valence-corrected chi connectivity index (χ0v) is 18.4. The average molecular weight is 435 g/mol. The van der Waals surface area contributed by atoms with Crippen LogP contribution in [0, 0.1) is 5.92 Å². The smallest absolute Gasteiger partial charge is 0.329 e. The Morgan fingerprint density at radius 3 is 2.53 bits per heavy atom. The van der Waals surface area contributed by atoms with Gasteiger partial charge in [0.2, 0.25) is 17.6 Å². The molecule has 3 heterocycles. The summed E-state index contributed by atoms with van der Waals surface area (Å²) in [5, 5.41) is 7.01.